The van der Waals surface area contributed by atoms with E-state index in [-0.39, 0.29) is 30.6 Å². The molecular weight excluding hydrogens is 398 g/mol. The Hall–Kier alpha value is -3.32. The molecule has 1 atom stereocenters. The molecule has 3 rings (SSSR count). The van der Waals surface area contributed by atoms with Crippen molar-refractivity contribution in [3.8, 4) is 11.5 Å². The number of Topliss-reactive ketones (excluding diaryl/α,β-unsaturated/α-hetero) is 1. The molecule has 2 aromatic carbocycles. The van der Waals surface area contributed by atoms with Gasteiger partial charge in [0.2, 0.25) is 0 Å². The van der Waals surface area contributed by atoms with E-state index in [9.17, 15) is 14.7 Å². The van der Waals surface area contributed by atoms with Gasteiger partial charge < -0.3 is 24.2 Å². The number of aliphatic hydroxyl groups is 1. The first-order valence-electron chi connectivity index (χ1n) is 10.1. The van der Waals surface area contributed by atoms with Gasteiger partial charge in [-0.2, -0.15) is 0 Å². The van der Waals surface area contributed by atoms with Crippen molar-refractivity contribution in [2.24, 2.45) is 0 Å². The third-order valence-electron chi connectivity index (χ3n) is 4.98. The SMILES string of the molecule is COCCN1C(=O)C(=O)/C(=C(\O)c2ccccc2OC)C1c1cccc(OC(C)C)c1. The summed E-state index contributed by atoms with van der Waals surface area (Å²) in [5.74, 6) is -0.704. The maximum atomic E-state index is 13.0. The lowest BCUT2D eigenvalue weighted by atomic mass is 9.95. The number of ketones is 1. The second-order valence-corrected chi connectivity index (χ2v) is 7.42. The van der Waals surface area contributed by atoms with Crippen molar-refractivity contribution < 1.29 is 28.9 Å². The van der Waals surface area contributed by atoms with E-state index in [1.54, 1.807) is 42.5 Å². The van der Waals surface area contributed by atoms with Crippen LogP contribution in [0.15, 0.2) is 54.1 Å². The van der Waals surface area contributed by atoms with E-state index in [1.165, 1.54) is 19.1 Å². The quantitative estimate of drug-likeness (QED) is 0.396. The summed E-state index contributed by atoms with van der Waals surface area (Å²) in [4.78, 5) is 27.3. The van der Waals surface area contributed by atoms with Gasteiger partial charge in [-0.15, -0.1) is 0 Å². The Morgan fingerprint density at radius 2 is 1.84 bits per heavy atom. The van der Waals surface area contributed by atoms with E-state index in [4.69, 9.17) is 14.2 Å². The van der Waals surface area contributed by atoms with Crippen LogP contribution in [0.4, 0.5) is 0 Å². The van der Waals surface area contributed by atoms with Gasteiger partial charge >= 0.3 is 0 Å². The number of aliphatic hydroxyl groups excluding tert-OH is 1. The Bertz CT molecular complexity index is 997. The molecule has 0 saturated carbocycles. The van der Waals surface area contributed by atoms with Gasteiger partial charge in [-0.05, 0) is 43.7 Å². The lowest BCUT2D eigenvalue weighted by molar-refractivity contribution is -0.140. The van der Waals surface area contributed by atoms with Gasteiger partial charge in [0, 0.05) is 13.7 Å². The number of nitrogens with zero attached hydrogens (tertiary/aromatic N) is 1. The molecule has 0 spiro atoms. The van der Waals surface area contributed by atoms with Crippen LogP contribution in [0.3, 0.4) is 0 Å². The molecule has 0 bridgehead atoms. The average Bonchev–Trinajstić information content (AvgIpc) is 3.01. The number of hydrogen-bond donors (Lipinski definition) is 1. The Balaban J connectivity index is 2.18. The normalized spacial score (nSPS) is 18.0. The Morgan fingerprint density at radius 1 is 1.10 bits per heavy atom. The zero-order valence-corrected chi connectivity index (χ0v) is 18.1. The van der Waals surface area contributed by atoms with Crippen molar-refractivity contribution in [1.29, 1.82) is 0 Å². The smallest absolute Gasteiger partial charge is 0.295 e. The molecular formula is C24H27NO6. The number of methoxy groups -OCH3 is 2. The third-order valence-corrected chi connectivity index (χ3v) is 4.98. The van der Waals surface area contributed by atoms with Crippen LogP contribution in [0, 0.1) is 0 Å². The highest BCUT2D eigenvalue weighted by molar-refractivity contribution is 6.46. The lowest BCUT2D eigenvalue weighted by Crippen LogP contribution is -2.32. The summed E-state index contributed by atoms with van der Waals surface area (Å²) in [6.45, 7) is 4.28. The number of carbonyl (C=O) groups is 2. The molecule has 1 unspecified atom stereocenters. The van der Waals surface area contributed by atoms with Crippen LogP contribution in [-0.4, -0.2) is 55.2 Å². The maximum absolute atomic E-state index is 13.0. The fourth-order valence-electron chi connectivity index (χ4n) is 3.66. The Labute approximate surface area is 181 Å². The van der Waals surface area contributed by atoms with Gasteiger partial charge in [0.1, 0.15) is 17.3 Å². The van der Waals surface area contributed by atoms with Gasteiger partial charge in [-0.25, -0.2) is 0 Å². The minimum atomic E-state index is -0.782. The highest BCUT2D eigenvalue weighted by Gasteiger charge is 2.46. The minimum Gasteiger partial charge on any atom is -0.507 e. The monoisotopic (exact) mass is 425 g/mol. The number of ether oxygens (including phenoxy) is 3. The van der Waals surface area contributed by atoms with Gasteiger partial charge in [-0.3, -0.25) is 9.59 Å². The number of rotatable bonds is 8. The average molecular weight is 425 g/mol. The predicted molar refractivity (Wildman–Crippen MR) is 116 cm³/mol. The molecule has 0 aliphatic carbocycles. The number of para-hydroxylation sites is 1. The fraction of sp³-hybridized carbons (Fsp3) is 0.333. The summed E-state index contributed by atoms with van der Waals surface area (Å²) in [5, 5.41) is 11.1. The summed E-state index contributed by atoms with van der Waals surface area (Å²) in [7, 11) is 3.00. The molecule has 0 aromatic heterocycles. The summed E-state index contributed by atoms with van der Waals surface area (Å²) < 4.78 is 16.3. The minimum absolute atomic E-state index is 0.00676. The lowest BCUT2D eigenvalue weighted by Gasteiger charge is -2.25. The molecule has 1 saturated heterocycles. The maximum Gasteiger partial charge on any atom is 0.295 e. The highest BCUT2D eigenvalue weighted by atomic mass is 16.5. The van der Waals surface area contributed by atoms with Crippen molar-refractivity contribution in [1.82, 2.24) is 4.90 Å². The number of likely N-dealkylation sites (tertiary alicyclic amines) is 1. The molecule has 1 fully saturated rings. The molecule has 1 heterocycles. The largest absolute Gasteiger partial charge is 0.507 e. The second kappa shape index (κ2) is 9.66. The molecule has 0 radical (unpaired) electrons. The molecule has 31 heavy (non-hydrogen) atoms. The van der Waals surface area contributed by atoms with E-state index in [0.717, 1.165) is 0 Å². The number of benzene rings is 2. The molecule has 2 aromatic rings. The molecule has 1 N–H and O–H groups in total. The van der Waals surface area contributed by atoms with Crippen LogP contribution >= 0.6 is 0 Å². The van der Waals surface area contributed by atoms with E-state index in [0.29, 0.717) is 22.6 Å². The first-order chi connectivity index (χ1) is 14.9. The first-order valence-corrected chi connectivity index (χ1v) is 10.1. The van der Waals surface area contributed by atoms with Crippen LogP contribution in [0.5, 0.6) is 11.5 Å². The summed E-state index contributed by atoms with van der Waals surface area (Å²) in [5.41, 5.74) is 1.01. The molecule has 1 aliphatic heterocycles. The molecule has 7 heteroatoms. The molecule has 1 amide bonds. The van der Waals surface area contributed by atoms with Gasteiger partial charge in [-0.1, -0.05) is 24.3 Å². The third kappa shape index (κ3) is 4.56. The summed E-state index contributed by atoms with van der Waals surface area (Å²) >= 11 is 0. The van der Waals surface area contributed by atoms with E-state index < -0.39 is 17.7 Å². The van der Waals surface area contributed by atoms with Crippen molar-refractivity contribution in [2.45, 2.75) is 26.0 Å². The summed E-state index contributed by atoms with van der Waals surface area (Å²) in [6.07, 6.45) is -0.0383. The number of hydrogen-bond acceptors (Lipinski definition) is 6. The fourth-order valence-corrected chi connectivity index (χ4v) is 3.66. The zero-order chi connectivity index (χ0) is 22.5. The zero-order valence-electron chi connectivity index (χ0n) is 18.1. The second-order valence-electron chi connectivity index (χ2n) is 7.42. The number of carbonyl (C=O) groups excluding carboxylic acids is 2. The predicted octanol–water partition coefficient (Wildman–Crippen LogP) is 3.55. The van der Waals surface area contributed by atoms with E-state index in [2.05, 4.69) is 0 Å². The topological polar surface area (TPSA) is 85.3 Å². The highest BCUT2D eigenvalue weighted by Crippen LogP contribution is 2.41. The van der Waals surface area contributed by atoms with Crippen molar-refractivity contribution in [3.05, 3.63) is 65.2 Å². The van der Waals surface area contributed by atoms with Gasteiger partial charge in [0.05, 0.1) is 37.0 Å². The first kappa shape index (κ1) is 22.4. The Morgan fingerprint density at radius 3 is 2.52 bits per heavy atom. The van der Waals surface area contributed by atoms with Crippen molar-refractivity contribution in [2.75, 3.05) is 27.4 Å². The van der Waals surface area contributed by atoms with Crippen LogP contribution in [0.1, 0.15) is 31.0 Å². The van der Waals surface area contributed by atoms with Crippen LogP contribution in [0.25, 0.3) is 5.76 Å². The summed E-state index contributed by atoms with van der Waals surface area (Å²) in [6, 6.07) is 13.2. The van der Waals surface area contributed by atoms with E-state index >= 15 is 0 Å². The molecule has 1 aliphatic rings. The van der Waals surface area contributed by atoms with Crippen molar-refractivity contribution >= 4 is 17.4 Å². The van der Waals surface area contributed by atoms with Crippen LogP contribution in [0.2, 0.25) is 0 Å². The van der Waals surface area contributed by atoms with Crippen molar-refractivity contribution in [3.63, 3.8) is 0 Å². The van der Waals surface area contributed by atoms with Gasteiger partial charge in [0.15, 0.2) is 0 Å². The van der Waals surface area contributed by atoms with Crippen LogP contribution in [-0.2, 0) is 14.3 Å². The standard InChI is InChI=1S/C24H27NO6/c1-15(2)31-17-9-7-8-16(14-17)21-20(23(27)24(28)25(21)12-13-29-3)22(26)18-10-5-6-11-19(18)30-4/h5-11,14-15,21,26H,12-13H2,1-4H3/b22-20-. The van der Waals surface area contributed by atoms with Crippen LogP contribution < -0.4 is 9.47 Å². The molecule has 7 nitrogen and oxygen atoms in total. The van der Waals surface area contributed by atoms with Gasteiger partial charge in [0.25, 0.3) is 11.7 Å². The molecule has 164 valence electrons. The Kier molecular flexibility index (Phi) is 6.97. The number of amides is 1. The van der Waals surface area contributed by atoms with E-state index in [1.807, 2.05) is 19.9 Å².